The van der Waals surface area contributed by atoms with Gasteiger partial charge in [0.1, 0.15) is 17.4 Å². The quantitative estimate of drug-likeness (QED) is 0.732. The first-order valence-corrected chi connectivity index (χ1v) is 8.32. The number of halogens is 1. The topological polar surface area (TPSA) is 34.2 Å². The van der Waals surface area contributed by atoms with E-state index in [1.165, 1.54) is 10.8 Å². The second-order valence-electron chi connectivity index (χ2n) is 4.70. The maximum Gasteiger partial charge on any atom is 0.131 e. The molecule has 3 aromatic rings. The molecule has 3 nitrogen and oxygen atoms in total. The summed E-state index contributed by atoms with van der Waals surface area (Å²) in [5, 5.41) is 8.60. The lowest BCUT2D eigenvalue weighted by atomic mass is 10.1. The summed E-state index contributed by atoms with van der Waals surface area (Å²) in [5.74, 6) is 0.869. The maximum absolute atomic E-state index is 5.83. The molecule has 1 aromatic heterocycles. The van der Waals surface area contributed by atoms with E-state index in [0.717, 1.165) is 27.5 Å². The van der Waals surface area contributed by atoms with Gasteiger partial charge in [0.05, 0.1) is 5.69 Å². The molecule has 0 radical (unpaired) electrons. The minimum atomic E-state index is 0.502. The molecule has 0 spiro atoms. The molecule has 1 heterocycles. The molecular formula is C16H15BrN2OS. The van der Waals surface area contributed by atoms with Crippen molar-refractivity contribution in [3.05, 3.63) is 57.0 Å². The van der Waals surface area contributed by atoms with Crippen LogP contribution < -0.4 is 10.1 Å². The zero-order chi connectivity index (χ0) is 14.7. The standard InChI is InChI=1S/C16H15BrN2OS/c1-18-8-16-19-14(10-21-16)9-20-15-5-3-11-6-13(17)4-2-12(11)7-15/h2-7,10,18H,8-9H2,1H3. The first-order valence-electron chi connectivity index (χ1n) is 6.64. The van der Waals surface area contributed by atoms with Crippen LogP contribution in [0, 0.1) is 0 Å². The Morgan fingerprint density at radius 1 is 1.19 bits per heavy atom. The zero-order valence-electron chi connectivity index (χ0n) is 11.6. The molecule has 108 valence electrons. The van der Waals surface area contributed by atoms with E-state index >= 15 is 0 Å². The van der Waals surface area contributed by atoms with Crippen LogP contribution in [0.4, 0.5) is 0 Å². The summed E-state index contributed by atoms with van der Waals surface area (Å²) in [6.45, 7) is 1.30. The van der Waals surface area contributed by atoms with Crippen LogP contribution >= 0.6 is 27.3 Å². The van der Waals surface area contributed by atoms with Gasteiger partial charge in [-0.15, -0.1) is 11.3 Å². The van der Waals surface area contributed by atoms with E-state index < -0.39 is 0 Å². The molecule has 21 heavy (non-hydrogen) atoms. The lowest BCUT2D eigenvalue weighted by Crippen LogP contribution is -2.05. The van der Waals surface area contributed by atoms with Gasteiger partial charge in [-0.05, 0) is 42.1 Å². The molecule has 0 aliphatic rings. The number of hydrogen-bond donors (Lipinski definition) is 1. The fraction of sp³-hybridized carbons (Fsp3) is 0.188. The molecule has 5 heteroatoms. The predicted molar refractivity (Wildman–Crippen MR) is 90.9 cm³/mol. The van der Waals surface area contributed by atoms with Crippen molar-refractivity contribution in [3.8, 4) is 5.75 Å². The van der Waals surface area contributed by atoms with Gasteiger partial charge in [-0.3, -0.25) is 0 Å². The summed E-state index contributed by atoms with van der Waals surface area (Å²) in [6, 6.07) is 12.3. The van der Waals surface area contributed by atoms with Crippen molar-refractivity contribution in [1.82, 2.24) is 10.3 Å². The minimum Gasteiger partial charge on any atom is -0.487 e. The fourth-order valence-electron chi connectivity index (χ4n) is 2.09. The molecule has 1 N–H and O–H groups in total. The highest BCUT2D eigenvalue weighted by Gasteiger charge is 2.03. The van der Waals surface area contributed by atoms with Crippen molar-refractivity contribution in [2.45, 2.75) is 13.2 Å². The van der Waals surface area contributed by atoms with Crippen molar-refractivity contribution < 1.29 is 4.74 Å². The van der Waals surface area contributed by atoms with Crippen LogP contribution in [0.5, 0.6) is 5.75 Å². The lowest BCUT2D eigenvalue weighted by Gasteiger charge is -2.06. The Balaban J connectivity index is 1.70. The zero-order valence-corrected chi connectivity index (χ0v) is 14.0. The molecular weight excluding hydrogens is 348 g/mol. The van der Waals surface area contributed by atoms with Crippen LogP contribution in [0.2, 0.25) is 0 Å². The summed E-state index contributed by atoms with van der Waals surface area (Å²) in [4.78, 5) is 4.51. The number of nitrogens with zero attached hydrogens (tertiary/aromatic N) is 1. The van der Waals surface area contributed by atoms with Crippen molar-refractivity contribution in [2.75, 3.05) is 7.05 Å². The third-order valence-electron chi connectivity index (χ3n) is 3.09. The highest BCUT2D eigenvalue weighted by Crippen LogP contribution is 2.24. The van der Waals surface area contributed by atoms with Gasteiger partial charge in [-0.2, -0.15) is 0 Å². The summed E-state index contributed by atoms with van der Waals surface area (Å²) >= 11 is 5.14. The highest BCUT2D eigenvalue weighted by molar-refractivity contribution is 9.10. The van der Waals surface area contributed by atoms with Crippen LogP contribution in [-0.4, -0.2) is 12.0 Å². The number of thiazole rings is 1. The van der Waals surface area contributed by atoms with Gasteiger partial charge in [0.25, 0.3) is 0 Å². The van der Waals surface area contributed by atoms with Crippen molar-refractivity contribution >= 4 is 38.0 Å². The Hall–Kier alpha value is -1.43. The summed E-state index contributed by atoms with van der Waals surface area (Å²) in [6.07, 6.45) is 0. The number of nitrogens with one attached hydrogen (secondary N) is 1. The van der Waals surface area contributed by atoms with Crippen LogP contribution in [-0.2, 0) is 13.2 Å². The van der Waals surface area contributed by atoms with Gasteiger partial charge in [0.15, 0.2) is 0 Å². The molecule has 2 aromatic carbocycles. The minimum absolute atomic E-state index is 0.502. The SMILES string of the molecule is CNCc1nc(COc2ccc3cc(Br)ccc3c2)cs1. The van der Waals surface area contributed by atoms with Gasteiger partial charge in [0, 0.05) is 16.4 Å². The lowest BCUT2D eigenvalue weighted by molar-refractivity contribution is 0.302. The van der Waals surface area contributed by atoms with E-state index in [-0.39, 0.29) is 0 Å². The van der Waals surface area contributed by atoms with Crippen molar-refractivity contribution in [3.63, 3.8) is 0 Å². The first kappa shape index (κ1) is 14.5. The number of rotatable bonds is 5. The molecule has 0 aliphatic heterocycles. The second-order valence-corrected chi connectivity index (χ2v) is 6.56. The molecule has 0 atom stereocenters. The van der Waals surface area contributed by atoms with Gasteiger partial charge in [0.2, 0.25) is 0 Å². The van der Waals surface area contributed by atoms with Gasteiger partial charge >= 0.3 is 0 Å². The molecule has 0 saturated carbocycles. The summed E-state index contributed by atoms with van der Waals surface area (Å²) in [5.41, 5.74) is 0.973. The second kappa shape index (κ2) is 6.56. The summed E-state index contributed by atoms with van der Waals surface area (Å²) < 4.78 is 6.92. The average molecular weight is 363 g/mol. The number of ether oxygens (including phenoxy) is 1. The molecule has 0 fully saturated rings. The van der Waals surface area contributed by atoms with E-state index in [1.54, 1.807) is 11.3 Å². The number of aromatic nitrogens is 1. The number of benzene rings is 2. The fourth-order valence-corrected chi connectivity index (χ4v) is 3.26. The third kappa shape index (κ3) is 3.61. The highest BCUT2D eigenvalue weighted by atomic mass is 79.9. The Kier molecular flexibility index (Phi) is 4.53. The Morgan fingerprint density at radius 3 is 2.86 bits per heavy atom. The molecule has 0 aliphatic carbocycles. The molecule has 0 unspecified atom stereocenters. The monoisotopic (exact) mass is 362 g/mol. The normalized spacial score (nSPS) is 11.0. The van der Waals surface area contributed by atoms with E-state index in [2.05, 4.69) is 50.5 Å². The molecule has 0 bridgehead atoms. The number of hydrogen-bond acceptors (Lipinski definition) is 4. The Morgan fingerprint density at radius 2 is 2.00 bits per heavy atom. The van der Waals surface area contributed by atoms with Crippen LogP contribution in [0.1, 0.15) is 10.7 Å². The largest absolute Gasteiger partial charge is 0.487 e. The maximum atomic E-state index is 5.83. The van der Waals surface area contributed by atoms with Crippen LogP contribution in [0.25, 0.3) is 10.8 Å². The third-order valence-corrected chi connectivity index (χ3v) is 4.48. The van der Waals surface area contributed by atoms with Gasteiger partial charge < -0.3 is 10.1 Å². The number of fused-ring (bicyclic) bond motifs is 1. The van der Waals surface area contributed by atoms with Crippen molar-refractivity contribution in [2.24, 2.45) is 0 Å². The molecule has 3 rings (SSSR count). The van der Waals surface area contributed by atoms with Crippen LogP contribution in [0.15, 0.2) is 46.3 Å². The van der Waals surface area contributed by atoms with E-state index in [4.69, 9.17) is 4.74 Å². The molecule has 0 amide bonds. The summed E-state index contributed by atoms with van der Waals surface area (Å²) in [7, 11) is 1.92. The molecule has 0 saturated heterocycles. The van der Waals surface area contributed by atoms with Gasteiger partial charge in [-0.1, -0.05) is 28.1 Å². The van der Waals surface area contributed by atoms with Crippen LogP contribution in [0.3, 0.4) is 0 Å². The van der Waals surface area contributed by atoms with Crippen molar-refractivity contribution in [1.29, 1.82) is 0 Å². The Bertz CT molecular complexity index is 757. The van der Waals surface area contributed by atoms with E-state index in [1.807, 2.05) is 24.6 Å². The van der Waals surface area contributed by atoms with E-state index in [0.29, 0.717) is 6.61 Å². The smallest absolute Gasteiger partial charge is 0.131 e. The Labute approximate surface area is 136 Å². The average Bonchev–Trinajstić information content (AvgIpc) is 2.93. The first-order chi connectivity index (χ1) is 10.2. The van der Waals surface area contributed by atoms with E-state index in [9.17, 15) is 0 Å². The van der Waals surface area contributed by atoms with Gasteiger partial charge in [-0.25, -0.2) is 4.98 Å². The predicted octanol–water partition coefficient (Wildman–Crippen LogP) is 4.36.